The first-order chi connectivity index (χ1) is 15.4. The van der Waals surface area contributed by atoms with Gasteiger partial charge in [-0.25, -0.2) is 9.38 Å². The summed E-state index contributed by atoms with van der Waals surface area (Å²) in [7, 11) is 3.27. The number of benzene rings is 2. The monoisotopic (exact) mass is 436 g/mol. The Bertz CT molecular complexity index is 1160. The minimum Gasteiger partial charge on any atom is -0.484 e. The summed E-state index contributed by atoms with van der Waals surface area (Å²) in [5.41, 5.74) is 6.99. The molecule has 2 aromatic rings. The van der Waals surface area contributed by atoms with Crippen molar-refractivity contribution < 1.29 is 18.7 Å². The van der Waals surface area contributed by atoms with E-state index >= 15 is 0 Å². The summed E-state index contributed by atoms with van der Waals surface area (Å²) >= 11 is 0. The average molecular weight is 436 g/mol. The zero-order chi connectivity index (χ0) is 22.5. The van der Waals surface area contributed by atoms with Gasteiger partial charge in [-0.1, -0.05) is 6.07 Å². The van der Waals surface area contributed by atoms with Crippen molar-refractivity contribution in [3.63, 3.8) is 0 Å². The molecule has 166 valence electrons. The zero-order valence-electron chi connectivity index (χ0n) is 18.1. The highest BCUT2D eigenvalue weighted by atomic mass is 19.1. The first-order valence-corrected chi connectivity index (χ1v) is 10.6. The van der Waals surface area contributed by atoms with Crippen LogP contribution < -0.4 is 10.5 Å². The lowest BCUT2D eigenvalue weighted by Gasteiger charge is -2.46. The van der Waals surface area contributed by atoms with Crippen LogP contribution in [0.3, 0.4) is 0 Å². The fourth-order valence-corrected chi connectivity index (χ4v) is 4.99. The van der Waals surface area contributed by atoms with Crippen LogP contribution in [0.2, 0.25) is 0 Å². The van der Waals surface area contributed by atoms with E-state index < -0.39 is 11.1 Å². The number of guanidine groups is 1. The Morgan fingerprint density at radius 2 is 2.09 bits per heavy atom. The number of halogens is 1. The molecule has 32 heavy (non-hydrogen) atoms. The summed E-state index contributed by atoms with van der Waals surface area (Å²) in [5.74, 6) is 0.197. The van der Waals surface area contributed by atoms with Crippen LogP contribution in [0.5, 0.6) is 5.75 Å². The predicted octanol–water partition coefficient (Wildman–Crippen LogP) is 2.86. The number of fused-ring (bicyclic) bond motifs is 2. The molecule has 2 aromatic carbocycles. The molecule has 1 fully saturated rings. The van der Waals surface area contributed by atoms with Gasteiger partial charge in [0.05, 0.1) is 6.61 Å². The molecule has 0 aromatic heterocycles. The Hall–Kier alpha value is -3.26. The summed E-state index contributed by atoms with van der Waals surface area (Å²) < 4.78 is 26.4. The SMILES string of the molecule is CN=Cc1cc(F)cc(-c2ccc3c(c2)[C@]2(C[C@@]4(CCCOC4)O3)N=C(N)N(C)C2=O)c1. The van der Waals surface area contributed by atoms with E-state index in [0.29, 0.717) is 42.1 Å². The summed E-state index contributed by atoms with van der Waals surface area (Å²) in [6.45, 7) is 1.07. The number of rotatable bonds is 2. The van der Waals surface area contributed by atoms with Crippen molar-refractivity contribution in [2.75, 3.05) is 27.3 Å². The number of nitrogens with two attached hydrogens (primary N) is 1. The molecule has 0 aliphatic carbocycles. The number of carbonyl (C=O) groups excluding carboxylic acids is 1. The van der Waals surface area contributed by atoms with Crippen molar-refractivity contribution in [3.8, 4) is 16.9 Å². The fraction of sp³-hybridized carbons (Fsp3) is 0.375. The normalized spacial score (nSPS) is 27.2. The van der Waals surface area contributed by atoms with Crippen LogP contribution in [-0.2, 0) is 15.1 Å². The average Bonchev–Trinajstić information content (AvgIpc) is 2.98. The molecule has 7 nitrogen and oxygen atoms in total. The van der Waals surface area contributed by atoms with Crippen molar-refractivity contribution in [3.05, 3.63) is 53.3 Å². The zero-order valence-corrected chi connectivity index (χ0v) is 18.1. The molecule has 2 N–H and O–H groups in total. The third kappa shape index (κ3) is 3.17. The van der Waals surface area contributed by atoms with Crippen LogP contribution in [-0.4, -0.2) is 55.9 Å². The van der Waals surface area contributed by atoms with E-state index in [1.807, 2.05) is 24.3 Å². The smallest absolute Gasteiger partial charge is 0.261 e. The van der Waals surface area contributed by atoms with Gasteiger partial charge in [0.15, 0.2) is 11.5 Å². The second kappa shape index (κ2) is 7.41. The molecular weight excluding hydrogens is 411 g/mol. The van der Waals surface area contributed by atoms with E-state index in [1.54, 1.807) is 20.3 Å². The Balaban J connectivity index is 1.67. The quantitative estimate of drug-likeness (QED) is 0.733. The van der Waals surface area contributed by atoms with E-state index in [0.717, 1.165) is 18.4 Å². The van der Waals surface area contributed by atoms with Gasteiger partial charge in [0.25, 0.3) is 5.91 Å². The van der Waals surface area contributed by atoms with Gasteiger partial charge < -0.3 is 15.2 Å². The number of likely N-dealkylation sites (N-methyl/N-ethyl adjacent to an activating group) is 1. The molecule has 5 rings (SSSR count). The van der Waals surface area contributed by atoms with Crippen LogP contribution in [0, 0.1) is 5.82 Å². The Morgan fingerprint density at radius 3 is 2.78 bits per heavy atom. The predicted molar refractivity (Wildman–Crippen MR) is 119 cm³/mol. The third-order valence-electron chi connectivity index (χ3n) is 6.45. The van der Waals surface area contributed by atoms with Crippen LogP contribution in [0.1, 0.15) is 30.4 Å². The highest BCUT2D eigenvalue weighted by Crippen LogP contribution is 2.51. The van der Waals surface area contributed by atoms with Gasteiger partial charge in [0, 0.05) is 38.9 Å². The van der Waals surface area contributed by atoms with E-state index in [-0.39, 0.29) is 17.7 Å². The van der Waals surface area contributed by atoms with Gasteiger partial charge in [0.1, 0.15) is 17.2 Å². The lowest BCUT2D eigenvalue weighted by molar-refractivity contribution is -0.139. The molecule has 1 saturated heterocycles. The van der Waals surface area contributed by atoms with E-state index in [1.165, 1.54) is 17.0 Å². The molecule has 8 heteroatoms. The van der Waals surface area contributed by atoms with Crippen molar-refractivity contribution in [2.24, 2.45) is 15.7 Å². The molecular formula is C24H25FN4O3. The Labute approximate surface area is 185 Å². The first kappa shape index (κ1) is 20.6. The number of nitrogens with zero attached hydrogens (tertiary/aromatic N) is 3. The topological polar surface area (TPSA) is 89.5 Å². The molecule has 2 atom stereocenters. The van der Waals surface area contributed by atoms with Gasteiger partial charge in [0.2, 0.25) is 0 Å². The Kier molecular flexibility index (Phi) is 4.78. The maximum absolute atomic E-state index is 14.3. The van der Waals surface area contributed by atoms with Crippen molar-refractivity contribution in [1.29, 1.82) is 0 Å². The molecule has 0 radical (unpaired) electrons. The second-order valence-corrected chi connectivity index (χ2v) is 8.68. The number of carbonyl (C=O) groups is 1. The number of aliphatic imine (C=N–C) groups is 2. The Morgan fingerprint density at radius 1 is 1.25 bits per heavy atom. The van der Waals surface area contributed by atoms with E-state index in [9.17, 15) is 9.18 Å². The van der Waals surface area contributed by atoms with Gasteiger partial charge in [-0.3, -0.25) is 14.7 Å². The van der Waals surface area contributed by atoms with Crippen molar-refractivity contribution in [1.82, 2.24) is 4.90 Å². The van der Waals surface area contributed by atoms with Crippen molar-refractivity contribution >= 4 is 18.1 Å². The standard InChI is InChI=1S/C24H25FN4O3/c1-27-12-15-8-17(10-18(25)9-15)16-4-5-20-19(11-16)24(21(30)29(2)22(26)28-24)13-23(32-20)6-3-7-31-14-23/h4-5,8-12H,3,6-7,13-14H2,1-2H3,(H2,26,28)/t23-,24+/m1/s1. The van der Waals surface area contributed by atoms with E-state index in [4.69, 9.17) is 15.2 Å². The molecule has 2 spiro atoms. The summed E-state index contributed by atoms with van der Waals surface area (Å²) in [6.07, 6.45) is 3.56. The molecule has 0 saturated carbocycles. The number of amides is 1. The van der Waals surface area contributed by atoms with Crippen molar-refractivity contribution in [2.45, 2.75) is 30.4 Å². The summed E-state index contributed by atoms with van der Waals surface area (Å²) in [4.78, 5) is 23.5. The summed E-state index contributed by atoms with van der Waals surface area (Å²) in [6, 6.07) is 10.3. The molecule has 0 bridgehead atoms. The van der Waals surface area contributed by atoms with Crippen LogP contribution >= 0.6 is 0 Å². The minimum atomic E-state index is -1.19. The number of hydrogen-bond donors (Lipinski definition) is 1. The molecule has 1 amide bonds. The van der Waals surface area contributed by atoms with E-state index in [2.05, 4.69) is 9.98 Å². The molecule has 3 aliphatic heterocycles. The second-order valence-electron chi connectivity index (χ2n) is 8.68. The maximum atomic E-state index is 14.3. The van der Waals surface area contributed by atoms with Crippen LogP contribution in [0.4, 0.5) is 4.39 Å². The van der Waals surface area contributed by atoms with Gasteiger partial charge in [-0.05, 0) is 59.9 Å². The fourth-order valence-electron chi connectivity index (χ4n) is 4.99. The molecule has 0 unspecified atom stereocenters. The van der Waals surface area contributed by atoms with Gasteiger partial charge in [-0.2, -0.15) is 0 Å². The molecule has 3 aliphatic rings. The van der Waals surface area contributed by atoms with Gasteiger partial charge >= 0.3 is 0 Å². The first-order valence-electron chi connectivity index (χ1n) is 10.6. The number of ether oxygens (including phenoxy) is 2. The highest BCUT2D eigenvalue weighted by molar-refractivity contribution is 6.07. The summed E-state index contributed by atoms with van der Waals surface area (Å²) in [5, 5.41) is 0. The highest BCUT2D eigenvalue weighted by Gasteiger charge is 2.58. The van der Waals surface area contributed by atoms with Crippen LogP contribution in [0.15, 0.2) is 46.4 Å². The third-order valence-corrected chi connectivity index (χ3v) is 6.45. The number of hydrogen-bond acceptors (Lipinski definition) is 6. The molecule has 3 heterocycles. The van der Waals surface area contributed by atoms with Gasteiger partial charge in [-0.15, -0.1) is 0 Å². The largest absolute Gasteiger partial charge is 0.484 e. The maximum Gasteiger partial charge on any atom is 0.261 e. The van der Waals surface area contributed by atoms with Crippen LogP contribution in [0.25, 0.3) is 11.1 Å². The lowest BCUT2D eigenvalue weighted by atomic mass is 9.74. The lowest BCUT2D eigenvalue weighted by Crippen LogP contribution is -2.55. The minimum absolute atomic E-state index is 0.173.